The number of fused-ring (bicyclic) bond motifs is 2. The Labute approximate surface area is 150 Å². The fraction of sp³-hybridized carbons (Fsp3) is 0.0588. The Hall–Kier alpha value is -2.77. The van der Waals surface area contributed by atoms with Crippen LogP contribution in [0.15, 0.2) is 42.5 Å². The Balaban J connectivity index is 1.76. The molecule has 0 bridgehead atoms. The predicted molar refractivity (Wildman–Crippen MR) is 94.1 cm³/mol. The molecule has 4 rings (SSSR count). The predicted octanol–water partition coefficient (Wildman–Crippen LogP) is 4.26. The number of nitro groups is 1. The van der Waals surface area contributed by atoms with Crippen molar-refractivity contribution in [3.8, 4) is 0 Å². The zero-order valence-electron chi connectivity index (χ0n) is 12.6. The average molecular weight is 373 g/mol. The van der Waals surface area contributed by atoms with Gasteiger partial charge in [0, 0.05) is 21.0 Å². The van der Waals surface area contributed by atoms with Crippen molar-refractivity contribution < 1.29 is 14.5 Å². The standard InChI is InChI=1S/C17H9ClN2O4S/c18-15-9-4-1-2-7-12(9)25-13(15)8-19-16(21)10-5-3-6-11(20(23)24)14(10)17(19)22/h1-7H,8H2. The number of amides is 2. The van der Waals surface area contributed by atoms with Crippen LogP contribution < -0.4 is 0 Å². The first-order valence-electron chi connectivity index (χ1n) is 7.28. The Morgan fingerprint density at radius 2 is 1.84 bits per heavy atom. The maximum absolute atomic E-state index is 12.6. The van der Waals surface area contributed by atoms with Gasteiger partial charge < -0.3 is 0 Å². The van der Waals surface area contributed by atoms with Crippen LogP contribution in [0.3, 0.4) is 0 Å². The van der Waals surface area contributed by atoms with Gasteiger partial charge in [0.2, 0.25) is 0 Å². The van der Waals surface area contributed by atoms with Gasteiger partial charge in [-0.1, -0.05) is 35.9 Å². The summed E-state index contributed by atoms with van der Waals surface area (Å²) in [6, 6.07) is 11.6. The Bertz CT molecular complexity index is 1080. The highest BCUT2D eigenvalue weighted by Crippen LogP contribution is 2.38. The summed E-state index contributed by atoms with van der Waals surface area (Å²) in [5.41, 5.74) is -0.466. The highest BCUT2D eigenvalue weighted by molar-refractivity contribution is 7.19. The largest absolute Gasteiger partial charge is 0.282 e. The monoisotopic (exact) mass is 372 g/mol. The number of nitro benzene ring substituents is 1. The van der Waals surface area contributed by atoms with Gasteiger partial charge in [-0.3, -0.25) is 24.6 Å². The quantitative estimate of drug-likeness (QED) is 0.391. The maximum atomic E-state index is 12.6. The summed E-state index contributed by atoms with van der Waals surface area (Å²) in [5, 5.41) is 12.5. The van der Waals surface area contributed by atoms with Crippen LogP contribution >= 0.6 is 22.9 Å². The van der Waals surface area contributed by atoms with E-state index in [1.807, 2.05) is 24.3 Å². The molecule has 25 heavy (non-hydrogen) atoms. The number of thiophene rings is 1. The second-order valence-corrected chi connectivity index (χ2v) is 7.00. The van der Waals surface area contributed by atoms with Gasteiger partial charge in [0.1, 0.15) is 5.56 Å². The number of hydrogen-bond acceptors (Lipinski definition) is 5. The molecular formula is C17H9ClN2O4S. The summed E-state index contributed by atoms with van der Waals surface area (Å²) >= 11 is 7.77. The first kappa shape index (κ1) is 15.7. The van der Waals surface area contributed by atoms with Crippen LogP contribution in [-0.2, 0) is 6.54 Å². The van der Waals surface area contributed by atoms with Gasteiger partial charge in [-0.2, -0.15) is 0 Å². The lowest BCUT2D eigenvalue weighted by Gasteiger charge is -2.12. The third kappa shape index (κ3) is 2.32. The minimum absolute atomic E-state index is 0.0122. The lowest BCUT2D eigenvalue weighted by atomic mass is 10.1. The third-order valence-electron chi connectivity index (χ3n) is 4.08. The number of imide groups is 1. The molecule has 2 amide bonds. The lowest BCUT2D eigenvalue weighted by Crippen LogP contribution is -2.28. The van der Waals surface area contributed by atoms with Crippen LogP contribution in [0.1, 0.15) is 25.6 Å². The summed E-state index contributed by atoms with van der Waals surface area (Å²) in [6.07, 6.45) is 0. The minimum atomic E-state index is -0.666. The van der Waals surface area contributed by atoms with E-state index in [1.165, 1.54) is 29.5 Å². The average Bonchev–Trinajstić information content (AvgIpc) is 3.05. The number of hydrogen-bond donors (Lipinski definition) is 0. The summed E-state index contributed by atoms with van der Waals surface area (Å²) in [6.45, 7) is -0.0122. The zero-order chi connectivity index (χ0) is 17.7. The first-order valence-corrected chi connectivity index (χ1v) is 8.48. The van der Waals surface area contributed by atoms with Gasteiger partial charge >= 0.3 is 0 Å². The number of halogens is 1. The normalized spacial score (nSPS) is 13.6. The van der Waals surface area contributed by atoms with Crippen molar-refractivity contribution in [3.05, 3.63) is 73.6 Å². The van der Waals surface area contributed by atoms with E-state index >= 15 is 0 Å². The zero-order valence-corrected chi connectivity index (χ0v) is 14.1. The molecule has 0 fully saturated rings. The molecule has 0 saturated heterocycles. The van der Waals surface area contributed by atoms with Gasteiger partial charge in [0.05, 0.1) is 22.1 Å². The van der Waals surface area contributed by atoms with E-state index in [9.17, 15) is 19.7 Å². The molecule has 0 unspecified atom stereocenters. The SMILES string of the molecule is O=C1c2cccc([N+](=O)[O-])c2C(=O)N1Cc1sc2ccccc2c1Cl. The van der Waals surface area contributed by atoms with Crippen LogP contribution in [0.2, 0.25) is 5.02 Å². The molecule has 2 heterocycles. The number of benzene rings is 2. The summed E-state index contributed by atoms with van der Waals surface area (Å²) in [5.74, 6) is -1.21. The van der Waals surface area contributed by atoms with Crippen LogP contribution in [0.4, 0.5) is 5.69 Å². The molecule has 0 atom stereocenters. The molecule has 0 aliphatic carbocycles. The molecular weight excluding hydrogens is 364 g/mol. The molecule has 0 N–H and O–H groups in total. The molecule has 2 aromatic carbocycles. The molecule has 3 aromatic rings. The second-order valence-electron chi connectivity index (χ2n) is 5.49. The van der Waals surface area contributed by atoms with Crippen LogP contribution in [0.5, 0.6) is 0 Å². The van der Waals surface area contributed by atoms with Crippen LogP contribution in [-0.4, -0.2) is 21.6 Å². The van der Waals surface area contributed by atoms with E-state index in [2.05, 4.69) is 0 Å². The van der Waals surface area contributed by atoms with Crippen molar-refractivity contribution in [2.75, 3.05) is 0 Å². The fourth-order valence-corrected chi connectivity index (χ4v) is 4.40. The Kier molecular flexibility index (Phi) is 3.55. The van der Waals surface area contributed by atoms with Crippen LogP contribution in [0.25, 0.3) is 10.1 Å². The molecule has 0 saturated carbocycles. The van der Waals surface area contributed by atoms with E-state index in [0.717, 1.165) is 15.0 Å². The van der Waals surface area contributed by atoms with Gasteiger partial charge in [0.25, 0.3) is 17.5 Å². The van der Waals surface area contributed by atoms with E-state index in [0.29, 0.717) is 9.90 Å². The van der Waals surface area contributed by atoms with E-state index in [1.54, 1.807) is 0 Å². The van der Waals surface area contributed by atoms with Crippen molar-refractivity contribution in [3.63, 3.8) is 0 Å². The van der Waals surface area contributed by atoms with Crippen LogP contribution in [0, 0.1) is 10.1 Å². The second kappa shape index (κ2) is 5.65. The van der Waals surface area contributed by atoms with E-state index < -0.39 is 16.7 Å². The van der Waals surface area contributed by atoms with Crippen molar-refractivity contribution in [1.82, 2.24) is 4.90 Å². The number of carbonyl (C=O) groups is 2. The first-order chi connectivity index (χ1) is 12.0. The van der Waals surface area contributed by atoms with E-state index in [4.69, 9.17) is 11.6 Å². The molecule has 8 heteroatoms. The topological polar surface area (TPSA) is 80.5 Å². The minimum Gasteiger partial charge on any atom is -0.269 e. The highest BCUT2D eigenvalue weighted by Gasteiger charge is 2.41. The number of nitrogens with zero attached hydrogens (tertiary/aromatic N) is 2. The fourth-order valence-electron chi connectivity index (χ4n) is 2.92. The van der Waals surface area contributed by atoms with Gasteiger partial charge in [-0.05, 0) is 12.1 Å². The molecule has 6 nitrogen and oxygen atoms in total. The summed E-state index contributed by atoms with van der Waals surface area (Å²) in [7, 11) is 0. The van der Waals surface area contributed by atoms with Crippen molar-refractivity contribution in [2.45, 2.75) is 6.54 Å². The molecule has 1 aliphatic rings. The maximum Gasteiger partial charge on any atom is 0.282 e. The molecule has 124 valence electrons. The van der Waals surface area contributed by atoms with Crippen molar-refractivity contribution in [2.24, 2.45) is 0 Å². The highest BCUT2D eigenvalue weighted by atomic mass is 35.5. The third-order valence-corrected chi connectivity index (χ3v) is 5.78. The molecule has 1 aromatic heterocycles. The number of carbonyl (C=O) groups excluding carboxylic acids is 2. The van der Waals surface area contributed by atoms with Crippen molar-refractivity contribution in [1.29, 1.82) is 0 Å². The Morgan fingerprint density at radius 1 is 1.08 bits per heavy atom. The van der Waals surface area contributed by atoms with E-state index in [-0.39, 0.29) is 23.4 Å². The van der Waals surface area contributed by atoms with Gasteiger partial charge in [-0.25, -0.2) is 0 Å². The van der Waals surface area contributed by atoms with Gasteiger partial charge in [-0.15, -0.1) is 11.3 Å². The molecule has 1 aliphatic heterocycles. The Morgan fingerprint density at radius 3 is 2.56 bits per heavy atom. The molecule has 0 spiro atoms. The lowest BCUT2D eigenvalue weighted by molar-refractivity contribution is -0.385. The summed E-state index contributed by atoms with van der Waals surface area (Å²) in [4.78, 5) is 37.4. The van der Waals surface area contributed by atoms with Crippen molar-refractivity contribution >= 4 is 50.5 Å². The number of rotatable bonds is 3. The van der Waals surface area contributed by atoms with Gasteiger partial charge in [0.15, 0.2) is 0 Å². The molecule has 0 radical (unpaired) electrons. The smallest absolute Gasteiger partial charge is 0.269 e. The summed E-state index contributed by atoms with van der Waals surface area (Å²) < 4.78 is 0.949.